The summed E-state index contributed by atoms with van der Waals surface area (Å²) in [6, 6.07) is 3.97. The molecule has 0 radical (unpaired) electrons. The highest BCUT2D eigenvalue weighted by Crippen LogP contribution is 2.41. The summed E-state index contributed by atoms with van der Waals surface area (Å²) in [5.41, 5.74) is 4.00. The zero-order valence-corrected chi connectivity index (χ0v) is 17.5. The van der Waals surface area contributed by atoms with Gasteiger partial charge in [-0.05, 0) is 45.4 Å². The minimum atomic E-state index is -4.04. The van der Waals surface area contributed by atoms with Gasteiger partial charge in [0.2, 0.25) is 16.0 Å². The molecule has 2 heterocycles. The lowest BCUT2D eigenvalue weighted by atomic mass is 9.81. The van der Waals surface area contributed by atoms with Gasteiger partial charge in [0.1, 0.15) is 16.7 Å². The minimum absolute atomic E-state index is 0.0827. The number of ether oxygens (including phenoxy) is 2. The first-order valence-corrected chi connectivity index (χ1v) is 10.6. The molecule has 2 fully saturated rings. The number of aliphatic imine (C=N–C) groups is 1. The van der Waals surface area contributed by atoms with E-state index in [0.29, 0.717) is 0 Å². The van der Waals surface area contributed by atoms with Crippen LogP contribution in [0.4, 0.5) is 14.9 Å². The van der Waals surface area contributed by atoms with Crippen LogP contribution in [0.5, 0.6) is 0 Å². The van der Waals surface area contributed by atoms with E-state index in [2.05, 4.69) is 10.3 Å². The summed E-state index contributed by atoms with van der Waals surface area (Å²) < 4.78 is 52.7. The van der Waals surface area contributed by atoms with Crippen molar-refractivity contribution in [2.24, 2.45) is 4.99 Å². The number of carbonyl (C=O) groups is 1. The quantitative estimate of drug-likeness (QED) is 0.651. The summed E-state index contributed by atoms with van der Waals surface area (Å²) >= 11 is 0. The number of guanidine groups is 1. The van der Waals surface area contributed by atoms with Gasteiger partial charge in [-0.25, -0.2) is 21.9 Å². The van der Waals surface area contributed by atoms with Gasteiger partial charge in [0, 0.05) is 24.9 Å². The molecule has 2 atom stereocenters. The lowest BCUT2D eigenvalue weighted by molar-refractivity contribution is 0.0413. The first-order valence-electron chi connectivity index (χ1n) is 9.08. The second-order valence-electron chi connectivity index (χ2n) is 8.08. The Labute approximate surface area is 169 Å². The van der Waals surface area contributed by atoms with Crippen LogP contribution in [0, 0.1) is 5.82 Å². The Kier molecular flexibility index (Phi) is 5.24. The number of nitrogen functional groups attached to an aromatic ring is 1. The number of benzene rings is 1. The highest BCUT2D eigenvalue weighted by molar-refractivity contribution is 7.90. The van der Waals surface area contributed by atoms with Crippen LogP contribution in [-0.4, -0.2) is 55.9 Å². The second-order valence-corrected chi connectivity index (χ2v) is 10.2. The summed E-state index contributed by atoms with van der Waals surface area (Å²) in [5.74, 6) is -0.866. The van der Waals surface area contributed by atoms with Crippen molar-refractivity contribution in [3.05, 3.63) is 29.6 Å². The maximum absolute atomic E-state index is 14.8. The number of fused-ring (bicyclic) bond motifs is 1. The van der Waals surface area contributed by atoms with Crippen LogP contribution >= 0.6 is 0 Å². The number of hydrogen-bond acceptors (Lipinski definition) is 6. The molecule has 0 saturated carbocycles. The topological polar surface area (TPSA) is 123 Å². The molecule has 1 aromatic rings. The molecule has 2 aliphatic heterocycles. The number of anilines is 1. The van der Waals surface area contributed by atoms with Crippen molar-refractivity contribution in [1.82, 2.24) is 9.62 Å². The zero-order valence-electron chi connectivity index (χ0n) is 16.7. The van der Waals surface area contributed by atoms with Crippen LogP contribution in [-0.2, 0) is 25.0 Å². The molecule has 3 N–H and O–H groups in total. The molecule has 11 heteroatoms. The van der Waals surface area contributed by atoms with Crippen LogP contribution in [0.3, 0.4) is 0 Å². The van der Waals surface area contributed by atoms with Crippen molar-refractivity contribution in [3.63, 3.8) is 0 Å². The Balaban J connectivity index is 2.15. The maximum Gasteiger partial charge on any atom is 0.437 e. The molecule has 29 heavy (non-hydrogen) atoms. The molecule has 1 aromatic carbocycles. The molecule has 0 aliphatic carbocycles. The summed E-state index contributed by atoms with van der Waals surface area (Å²) in [6.07, 6.45) is -0.825. The fraction of sp³-hybridized carbons (Fsp3) is 0.556. The normalized spacial score (nSPS) is 27.8. The Morgan fingerprint density at radius 1 is 1.45 bits per heavy atom. The number of amides is 1. The van der Waals surface area contributed by atoms with Gasteiger partial charge in [-0.2, -0.15) is 0 Å². The number of nitrogens with one attached hydrogen (secondary N) is 1. The van der Waals surface area contributed by atoms with Gasteiger partial charge >= 0.3 is 6.09 Å². The highest BCUT2D eigenvalue weighted by Gasteiger charge is 2.57. The third kappa shape index (κ3) is 3.88. The number of nitrogens with two attached hydrogens (primary N) is 1. The number of halogens is 1. The summed E-state index contributed by atoms with van der Waals surface area (Å²) in [6.45, 7) is 5.04. The van der Waals surface area contributed by atoms with E-state index in [0.717, 1.165) is 4.31 Å². The molecule has 0 aromatic heterocycles. The van der Waals surface area contributed by atoms with Gasteiger partial charge in [0.25, 0.3) is 0 Å². The molecule has 2 aliphatic rings. The molecule has 3 rings (SSSR count). The first kappa shape index (κ1) is 21.3. The average Bonchev–Trinajstić information content (AvgIpc) is 2.60. The van der Waals surface area contributed by atoms with Crippen molar-refractivity contribution in [2.45, 2.75) is 43.6 Å². The van der Waals surface area contributed by atoms with E-state index in [-0.39, 0.29) is 36.8 Å². The minimum Gasteiger partial charge on any atom is -0.442 e. The van der Waals surface area contributed by atoms with E-state index in [9.17, 15) is 17.6 Å². The molecule has 0 spiro atoms. The lowest BCUT2D eigenvalue weighted by Gasteiger charge is -2.50. The largest absolute Gasteiger partial charge is 0.442 e. The van der Waals surface area contributed by atoms with Gasteiger partial charge in [-0.1, -0.05) is 0 Å². The van der Waals surface area contributed by atoms with E-state index in [1.807, 2.05) is 0 Å². The van der Waals surface area contributed by atoms with Crippen molar-refractivity contribution in [1.29, 1.82) is 0 Å². The van der Waals surface area contributed by atoms with Crippen molar-refractivity contribution in [3.8, 4) is 0 Å². The molecule has 160 valence electrons. The first-order chi connectivity index (χ1) is 13.4. The van der Waals surface area contributed by atoms with E-state index in [1.165, 1.54) is 25.2 Å². The van der Waals surface area contributed by atoms with Gasteiger partial charge in [0.15, 0.2) is 0 Å². The SMILES string of the molecule is CN1/C(=N/C(=O)OC(C)(C)C)N[C@@]2(c3cc(N)ccc3F)CCOCC2S1(=O)=O. The van der Waals surface area contributed by atoms with Crippen LogP contribution in [0.15, 0.2) is 23.2 Å². The van der Waals surface area contributed by atoms with Gasteiger partial charge < -0.3 is 20.5 Å². The van der Waals surface area contributed by atoms with Crippen LogP contribution in [0.2, 0.25) is 0 Å². The van der Waals surface area contributed by atoms with E-state index in [4.69, 9.17) is 15.2 Å². The number of hydrogen-bond donors (Lipinski definition) is 2. The van der Waals surface area contributed by atoms with Crippen molar-refractivity contribution in [2.75, 3.05) is 26.0 Å². The lowest BCUT2D eigenvalue weighted by Crippen LogP contribution is -2.70. The zero-order chi connectivity index (χ0) is 21.6. The Hall–Kier alpha value is -2.40. The third-order valence-corrected chi connectivity index (χ3v) is 7.09. The summed E-state index contributed by atoms with van der Waals surface area (Å²) in [7, 11) is -2.77. The summed E-state index contributed by atoms with van der Waals surface area (Å²) in [4.78, 5) is 16.0. The van der Waals surface area contributed by atoms with Gasteiger partial charge in [-0.3, -0.25) is 0 Å². The molecule has 2 saturated heterocycles. The molecule has 0 bridgehead atoms. The van der Waals surface area contributed by atoms with Crippen LogP contribution in [0.1, 0.15) is 32.8 Å². The number of nitrogens with zero attached hydrogens (tertiary/aromatic N) is 2. The molecule has 1 amide bonds. The molecular weight excluding hydrogens is 403 g/mol. The number of sulfonamides is 1. The van der Waals surface area contributed by atoms with Gasteiger partial charge in [0.05, 0.1) is 12.1 Å². The fourth-order valence-electron chi connectivity index (χ4n) is 3.53. The Bertz CT molecular complexity index is 959. The second kappa shape index (κ2) is 7.13. The number of carbonyl (C=O) groups excluding carboxylic acids is 1. The maximum atomic E-state index is 14.8. The monoisotopic (exact) mass is 428 g/mol. The average molecular weight is 428 g/mol. The fourth-order valence-corrected chi connectivity index (χ4v) is 5.32. The van der Waals surface area contributed by atoms with E-state index >= 15 is 0 Å². The highest BCUT2D eigenvalue weighted by atomic mass is 32.2. The summed E-state index contributed by atoms with van der Waals surface area (Å²) in [5, 5.41) is 1.86. The van der Waals surface area contributed by atoms with Gasteiger partial charge in [-0.15, -0.1) is 4.99 Å². The predicted molar refractivity (Wildman–Crippen MR) is 105 cm³/mol. The molecule has 1 unspecified atom stereocenters. The van der Waals surface area contributed by atoms with E-state index in [1.54, 1.807) is 20.8 Å². The predicted octanol–water partition coefficient (Wildman–Crippen LogP) is 1.55. The van der Waals surface area contributed by atoms with Crippen molar-refractivity contribution < 1.29 is 27.1 Å². The van der Waals surface area contributed by atoms with E-state index < -0.39 is 38.3 Å². The third-order valence-electron chi connectivity index (χ3n) is 4.90. The molecule has 9 nitrogen and oxygen atoms in total. The Morgan fingerprint density at radius 2 is 2.14 bits per heavy atom. The Morgan fingerprint density at radius 3 is 2.79 bits per heavy atom. The standard InChI is InChI=1S/C18H25FN4O5S/c1-17(2,3)28-16(24)21-15-22-18(12-9-11(20)5-6-13(12)19)7-8-27-10-14(18)29(25,26)23(15)4/h5-6,9,14H,7-8,10,20H2,1-4H3,(H,21,22,24)/t14?,18-/m1/s1. The van der Waals surface area contributed by atoms with Crippen LogP contribution < -0.4 is 11.1 Å². The van der Waals surface area contributed by atoms with Crippen LogP contribution in [0.25, 0.3) is 0 Å². The smallest absolute Gasteiger partial charge is 0.437 e. The van der Waals surface area contributed by atoms with Crippen molar-refractivity contribution >= 4 is 27.8 Å². The molecular formula is C18H25FN4O5S. The number of rotatable bonds is 1.